The van der Waals surface area contributed by atoms with E-state index in [9.17, 15) is 23.1 Å². The van der Waals surface area contributed by atoms with Crippen LogP contribution in [0.2, 0.25) is 0 Å². The number of aromatic hydroxyl groups is 1. The molecule has 3 rings (SSSR count). The maximum absolute atomic E-state index is 13.0. The predicted molar refractivity (Wildman–Crippen MR) is 93.2 cm³/mol. The van der Waals surface area contributed by atoms with Gasteiger partial charge in [-0.05, 0) is 48.4 Å². The summed E-state index contributed by atoms with van der Waals surface area (Å²) in [5.74, 6) is -0.344. The second kappa shape index (κ2) is 7.53. The topological polar surface area (TPSA) is 78.0 Å². The minimum Gasteiger partial charge on any atom is -0.508 e. The monoisotopic (exact) mass is 375 g/mol. The maximum Gasteiger partial charge on any atom is 0.416 e. The van der Waals surface area contributed by atoms with Crippen molar-refractivity contribution in [1.29, 1.82) is 0 Å². The van der Waals surface area contributed by atoms with E-state index in [0.717, 1.165) is 6.07 Å². The number of rotatable bonds is 5. The average Bonchev–Trinajstić information content (AvgIpc) is 3.12. The molecule has 8 heteroatoms. The van der Waals surface area contributed by atoms with Crippen LogP contribution in [0.3, 0.4) is 0 Å². The van der Waals surface area contributed by atoms with Crippen molar-refractivity contribution in [3.63, 3.8) is 0 Å². The number of carbonyl (C=O) groups excluding carboxylic acids is 1. The zero-order valence-corrected chi connectivity index (χ0v) is 14.0. The molecule has 1 amide bonds. The summed E-state index contributed by atoms with van der Waals surface area (Å²) in [7, 11) is 0. The van der Waals surface area contributed by atoms with Crippen LogP contribution in [-0.2, 0) is 12.6 Å². The molecular formula is C19H16F3N3O2. The summed E-state index contributed by atoms with van der Waals surface area (Å²) < 4.78 is 38.9. The standard InChI is InChI=1S/C19H16F3N3O2/c20-19(21,22)15-4-2-1-3-12(15)9-10-23-18(27)17-11-16(24-25-17)13-5-7-14(26)8-6-13/h1-8,11,26H,9-10H2,(H,23,27)(H,24,25). The fourth-order valence-corrected chi connectivity index (χ4v) is 2.64. The molecule has 0 aliphatic heterocycles. The molecule has 0 fully saturated rings. The largest absolute Gasteiger partial charge is 0.508 e. The summed E-state index contributed by atoms with van der Waals surface area (Å²) in [6.45, 7) is 0.0550. The van der Waals surface area contributed by atoms with Crippen LogP contribution in [0.4, 0.5) is 13.2 Å². The lowest BCUT2D eigenvalue weighted by Crippen LogP contribution is -2.26. The highest BCUT2D eigenvalue weighted by Crippen LogP contribution is 2.31. The molecule has 27 heavy (non-hydrogen) atoms. The van der Waals surface area contributed by atoms with Crippen molar-refractivity contribution in [2.45, 2.75) is 12.6 Å². The van der Waals surface area contributed by atoms with Gasteiger partial charge in [-0.25, -0.2) is 0 Å². The lowest BCUT2D eigenvalue weighted by atomic mass is 10.0. The molecule has 1 aromatic heterocycles. The molecule has 0 aliphatic rings. The normalized spacial score (nSPS) is 11.4. The molecule has 3 N–H and O–H groups in total. The number of nitrogens with zero attached hydrogens (tertiary/aromatic N) is 1. The molecule has 2 aromatic carbocycles. The molecule has 0 radical (unpaired) electrons. The number of hydrogen-bond acceptors (Lipinski definition) is 3. The highest BCUT2D eigenvalue weighted by Gasteiger charge is 2.32. The minimum absolute atomic E-state index is 0.0550. The highest BCUT2D eigenvalue weighted by atomic mass is 19.4. The number of phenolic OH excluding ortho intramolecular Hbond substituents is 1. The lowest BCUT2D eigenvalue weighted by molar-refractivity contribution is -0.138. The molecule has 140 valence electrons. The number of carbonyl (C=O) groups is 1. The minimum atomic E-state index is -4.43. The Morgan fingerprint density at radius 3 is 2.52 bits per heavy atom. The van der Waals surface area contributed by atoms with E-state index in [1.54, 1.807) is 12.1 Å². The molecule has 0 spiro atoms. The van der Waals surface area contributed by atoms with Crippen LogP contribution in [0.5, 0.6) is 5.75 Å². The van der Waals surface area contributed by atoms with Crippen LogP contribution in [0, 0.1) is 0 Å². The summed E-state index contributed by atoms with van der Waals surface area (Å²) in [4.78, 5) is 12.2. The number of amides is 1. The van der Waals surface area contributed by atoms with Crippen molar-refractivity contribution >= 4 is 5.91 Å². The summed E-state index contributed by atoms with van der Waals surface area (Å²) in [6, 6.07) is 13.1. The van der Waals surface area contributed by atoms with E-state index in [1.165, 1.54) is 36.4 Å². The van der Waals surface area contributed by atoms with E-state index in [2.05, 4.69) is 15.5 Å². The lowest BCUT2D eigenvalue weighted by Gasteiger charge is -2.12. The first-order chi connectivity index (χ1) is 12.8. The van der Waals surface area contributed by atoms with E-state index in [0.29, 0.717) is 11.3 Å². The first kappa shape index (κ1) is 18.5. The average molecular weight is 375 g/mol. The Kier molecular flexibility index (Phi) is 5.16. The van der Waals surface area contributed by atoms with E-state index in [-0.39, 0.29) is 30.0 Å². The van der Waals surface area contributed by atoms with E-state index >= 15 is 0 Å². The first-order valence-corrected chi connectivity index (χ1v) is 8.13. The fourth-order valence-electron chi connectivity index (χ4n) is 2.64. The van der Waals surface area contributed by atoms with Crippen molar-refractivity contribution in [3.8, 4) is 17.0 Å². The Hall–Kier alpha value is -3.29. The number of aromatic nitrogens is 2. The second-order valence-electron chi connectivity index (χ2n) is 5.87. The van der Waals surface area contributed by atoms with Gasteiger partial charge in [0.2, 0.25) is 0 Å². The van der Waals surface area contributed by atoms with E-state index < -0.39 is 17.6 Å². The third-order valence-electron chi connectivity index (χ3n) is 3.99. The Labute approximate surface area is 152 Å². The quantitative estimate of drug-likeness (QED) is 0.635. The summed E-state index contributed by atoms with van der Waals surface area (Å²) in [5, 5.41) is 18.5. The van der Waals surface area contributed by atoms with E-state index in [1.807, 2.05) is 0 Å². The van der Waals surface area contributed by atoms with Gasteiger partial charge in [0.05, 0.1) is 11.3 Å². The van der Waals surface area contributed by atoms with E-state index in [4.69, 9.17) is 0 Å². The fraction of sp³-hybridized carbons (Fsp3) is 0.158. The molecule has 0 bridgehead atoms. The number of H-pyrrole nitrogens is 1. The molecule has 0 unspecified atom stereocenters. The number of phenols is 1. The van der Waals surface area contributed by atoms with Gasteiger partial charge in [0.15, 0.2) is 0 Å². The highest BCUT2D eigenvalue weighted by molar-refractivity contribution is 5.93. The first-order valence-electron chi connectivity index (χ1n) is 8.13. The van der Waals surface area contributed by atoms with Gasteiger partial charge in [0.25, 0.3) is 5.91 Å². The molecule has 0 atom stereocenters. The summed E-state index contributed by atoms with van der Waals surface area (Å²) >= 11 is 0. The number of alkyl halides is 3. The van der Waals surface area contributed by atoms with Gasteiger partial charge in [-0.3, -0.25) is 9.89 Å². The van der Waals surface area contributed by atoms with Gasteiger partial charge in [-0.15, -0.1) is 0 Å². The molecule has 0 aliphatic carbocycles. The van der Waals surface area contributed by atoms with Crippen molar-refractivity contribution in [1.82, 2.24) is 15.5 Å². The third-order valence-corrected chi connectivity index (χ3v) is 3.99. The zero-order chi connectivity index (χ0) is 19.4. The Bertz CT molecular complexity index is 934. The number of aromatic amines is 1. The molecule has 0 saturated heterocycles. The Balaban J connectivity index is 1.62. The van der Waals surface area contributed by atoms with Gasteiger partial charge in [0.1, 0.15) is 11.4 Å². The third kappa shape index (κ3) is 4.46. The van der Waals surface area contributed by atoms with Crippen LogP contribution >= 0.6 is 0 Å². The Morgan fingerprint density at radius 1 is 1.11 bits per heavy atom. The van der Waals surface area contributed by atoms with Crippen molar-refractivity contribution < 1.29 is 23.1 Å². The predicted octanol–water partition coefficient (Wildman–Crippen LogP) is 3.77. The van der Waals surface area contributed by atoms with Gasteiger partial charge in [-0.1, -0.05) is 18.2 Å². The number of nitrogens with one attached hydrogen (secondary N) is 2. The van der Waals surface area contributed by atoms with Crippen molar-refractivity contribution in [2.24, 2.45) is 0 Å². The van der Waals surface area contributed by atoms with Gasteiger partial charge in [-0.2, -0.15) is 18.3 Å². The molecule has 5 nitrogen and oxygen atoms in total. The SMILES string of the molecule is O=C(NCCc1ccccc1C(F)(F)F)c1cc(-c2ccc(O)cc2)n[nH]1. The van der Waals surface area contributed by atoms with Crippen LogP contribution in [0.1, 0.15) is 21.6 Å². The maximum atomic E-state index is 13.0. The second-order valence-corrected chi connectivity index (χ2v) is 5.87. The van der Waals surface area contributed by atoms with Crippen LogP contribution in [0.15, 0.2) is 54.6 Å². The number of benzene rings is 2. The summed E-state index contributed by atoms with van der Waals surface area (Å²) in [5.41, 5.74) is 0.849. The number of halogens is 3. The molecular weight excluding hydrogens is 359 g/mol. The zero-order valence-electron chi connectivity index (χ0n) is 14.0. The molecule has 0 saturated carbocycles. The van der Waals surface area contributed by atoms with Crippen molar-refractivity contribution in [3.05, 3.63) is 71.4 Å². The van der Waals surface area contributed by atoms with Crippen LogP contribution in [-0.4, -0.2) is 27.8 Å². The van der Waals surface area contributed by atoms with Crippen LogP contribution < -0.4 is 5.32 Å². The van der Waals surface area contributed by atoms with Gasteiger partial charge < -0.3 is 10.4 Å². The summed E-state index contributed by atoms with van der Waals surface area (Å²) in [6.07, 6.45) is -4.37. The van der Waals surface area contributed by atoms with Gasteiger partial charge >= 0.3 is 6.18 Å². The molecule has 1 heterocycles. The smallest absolute Gasteiger partial charge is 0.416 e. The van der Waals surface area contributed by atoms with Gasteiger partial charge in [0, 0.05) is 12.1 Å². The van der Waals surface area contributed by atoms with Crippen LogP contribution in [0.25, 0.3) is 11.3 Å². The number of hydrogen-bond donors (Lipinski definition) is 3. The molecule has 3 aromatic rings. The Morgan fingerprint density at radius 2 is 1.81 bits per heavy atom. The van der Waals surface area contributed by atoms with Crippen molar-refractivity contribution in [2.75, 3.05) is 6.54 Å².